The third-order valence-electron chi connectivity index (χ3n) is 9.11. The Bertz CT molecular complexity index is 1970. The molecule has 0 aliphatic heterocycles. The molecule has 7 rings (SSSR count). The quantitative estimate of drug-likeness (QED) is 0.168. The molecule has 0 radical (unpaired) electrons. The maximum atomic E-state index is 13.5. The summed E-state index contributed by atoms with van der Waals surface area (Å²) in [4.78, 5) is 26.5. The molecule has 238 valence electrons. The Hall–Kier alpha value is -4.44. The van der Waals surface area contributed by atoms with Gasteiger partial charge in [-0.2, -0.15) is 0 Å². The number of benzene rings is 3. The first-order valence-electron chi connectivity index (χ1n) is 16.1. The summed E-state index contributed by atoms with van der Waals surface area (Å²) < 4.78 is 15.0. The number of hydrogen-bond acceptors (Lipinski definition) is 7. The van der Waals surface area contributed by atoms with Crippen LogP contribution in [0, 0.1) is 0 Å². The summed E-state index contributed by atoms with van der Waals surface area (Å²) in [5.74, 6) is 0.389. The molecule has 3 heterocycles. The summed E-state index contributed by atoms with van der Waals surface area (Å²) in [5.41, 5.74) is 2.60. The number of amides is 1. The highest BCUT2D eigenvalue weighted by Gasteiger charge is 2.51. The van der Waals surface area contributed by atoms with Crippen molar-refractivity contribution in [2.75, 3.05) is 5.32 Å². The lowest BCUT2D eigenvalue weighted by Crippen LogP contribution is -2.67. The number of anilines is 1. The minimum absolute atomic E-state index is 0.0134. The molecule has 7 nitrogen and oxygen atoms in total. The van der Waals surface area contributed by atoms with E-state index in [1.54, 1.807) is 12.4 Å². The van der Waals surface area contributed by atoms with Gasteiger partial charge in [-0.15, -0.1) is 11.3 Å². The second-order valence-electron chi connectivity index (χ2n) is 13.2. The highest BCUT2D eigenvalue weighted by Crippen LogP contribution is 2.40. The monoisotopic (exact) mass is 658 g/mol. The van der Waals surface area contributed by atoms with Crippen molar-refractivity contribution in [1.82, 2.24) is 15.0 Å². The van der Waals surface area contributed by atoms with E-state index in [4.69, 9.17) is 9.16 Å². The molecule has 0 unspecified atom stereocenters. The number of nitrogens with one attached hydrogen (secondary N) is 1. The molecule has 0 spiro atoms. The van der Waals surface area contributed by atoms with Crippen LogP contribution in [0.25, 0.3) is 21.1 Å². The summed E-state index contributed by atoms with van der Waals surface area (Å²) in [7, 11) is -2.64. The SMILES string of the molecule is CC(C)(C)[Si](OC1CCC(Oc2cc3ncccc3cc2NC(=O)c2csc3cncnc23)CC1)(c1ccccc1)c1ccccc1. The average Bonchev–Trinajstić information content (AvgIpc) is 3.53. The van der Waals surface area contributed by atoms with E-state index in [2.05, 4.69) is 102 Å². The van der Waals surface area contributed by atoms with E-state index in [-0.39, 0.29) is 23.2 Å². The Labute approximate surface area is 280 Å². The van der Waals surface area contributed by atoms with Gasteiger partial charge in [-0.25, -0.2) is 9.97 Å². The molecule has 0 bridgehead atoms. The fraction of sp³-hybridized carbons (Fsp3) is 0.263. The number of carbonyl (C=O) groups excluding carboxylic acids is 1. The fourth-order valence-electron chi connectivity index (χ4n) is 6.82. The van der Waals surface area contributed by atoms with E-state index in [1.807, 2.05) is 29.6 Å². The number of hydrogen-bond donors (Lipinski definition) is 1. The molecule has 1 fully saturated rings. The van der Waals surface area contributed by atoms with Crippen LogP contribution in [0.2, 0.25) is 5.04 Å². The lowest BCUT2D eigenvalue weighted by Gasteiger charge is -2.46. The van der Waals surface area contributed by atoms with Gasteiger partial charge in [0, 0.05) is 35.3 Å². The largest absolute Gasteiger partial charge is 0.488 e. The van der Waals surface area contributed by atoms with Gasteiger partial charge in [-0.05, 0) is 53.2 Å². The molecule has 0 atom stereocenters. The number of aromatic nitrogens is 3. The predicted molar refractivity (Wildman–Crippen MR) is 192 cm³/mol. The van der Waals surface area contributed by atoms with E-state index < -0.39 is 8.32 Å². The van der Waals surface area contributed by atoms with Crippen LogP contribution in [0.15, 0.2) is 109 Å². The molecule has 6 aromatic rings. The maximum Gasteiger partial charge on any atom is 0.261 e. The third-order valence-corrected chi connectivity index (χ3v) is 15.1. The van der Waals surface area contributed by atoms with E-state index in [0.29, 0.717) is 22.5 Å². The summed E-state index contributed by atoms with van der Waals surface area (Å²) in [6, 6.07) is 29.4. The molecule has 3 aromatic heterocycles. The van der Waals surface area contributed by atoms with Gasteiger partial charge >= 0.3 is 0 Å². The number of carbonyl (C=O) groups is 1. The van der Waals surface area contributed by atoms with Gasteiger partial charge in [0.2, 0.25) is 0 Å². The topological polar surface area (TPSA) is 86.2 Å². The first kappa shape index (κ1) is 31.2. The van der Waals surface area contributed by atoms with Crippen molar-refractivity contribution < 1.29 is 14.0 Å². The van der Waals surface area contributed by atoms with E-state index in [1.165, 1.54) is 28.0 Å². The number of nitrogens with zero attached hydrogens (tertiary/aromatic N) is 3. The zero-order valence-electron chi connectivity index (χ0n) is 26.9. The Morgan fingerprint density at radius 3 is 2.23 bits per heavy atom. The van der Waals surface area contributed by atoms with Gasteiger partial charge in [0.15, 0.2) is 0 Å². The Morgan fingerprint density at radius 2 is 1.55 bits per heavy atom. The lowest BCUT2D eigenvalue weighted by molar-refractivity contribution is 0.0754. The molecule has 0 saturated heterocycles. The Morgan fingerprint density at radius 1 is 0.872 bits per heavy atom. The van der Waals surface area contributed by atoms with E-state index in [0.717, 1.165) is 41.3 Å². The summed E-state index contributed by atoms with van der Waals surface area (Å²) in [6.45, 7) is 6.97. The molecular formula is C38H38N4O3SSi. The standard InChI is InChI=1S/C38H38N4O3SSi/c1-38(2,3)47(29-12-6-4-7-13-29,30-14-8-5-9-15-30)45-28-18-16-27(17-19-28)44-34-22-32-26(11-10-20-40-32)21-33(34)42-37(43)31-24-46-35-23-39-25-41-36(31)35/h4-15,20-25,27-28H,16-19H2,1-3H3,(H,42,43). The zero-order chi connectivity index (χ0) is 32.4. The molecule has 1 N–H and O–H groups in total. The van der Waals surface area contributed by atoms with Crippen molar-refractivity contribution in [2.45, 2.75) is 63.7 Å². The lowest BCUT2D eigenvalue weighted by atomic mass is 9.95. The van der Waals surface area contributed by atoms with Crippen molar-refractivity contribution >= 4 is 62.7 Å². The minimum atomic E-state index is -2.64. The number of pyridine rings is 1. The van der Waals surface area contributed by atoms with Gasteiger partial charge in [-0.1, -0.05) is 87.5 Å². The second-order valence-corrected chi connectivity index (χ2v) is 18.3. The van der Waals surface area contributed by atoms with Crippen molar-refractivity contribution in [1.29, 1.82) is 0 Å². The van der Waals surface area contributed by atoms with Crippen LogP contribution < -0.4 is 20.4 Å². The first-order valence-corrected chi connectivity index (χ1v) is 18.9. The van der Waals surface area contributed by atoms with Crippen LogP contribution in [0.3, 0.4) is 0 Å². The fourth-order valence-corrected chi connectivity index (χ4v) is 12.4. The van der Waals surface area contributed by atoms with Crippen LogP contribution in [-0.2, 0) is 4.43 Å². The summed E-state index contributed by atoms with van der Waals surface area (Å²) in [6.07, 6.45) is 8.56. The first-order chi connectivity index (χ1) is 22.8. The van der Waals surface area contributed by atoms with Crippen molar-refractivity contribution in [3.8, 4) is 5.75 Å². The van der Waals surface area contributed by atoms with Crippen LogP contribution in [0.5, 0.6) is 5.75 Å². The van der Waals surface area contributed by atoms with Gasteiger partial charge < -0.3 is 14.5 Å². The van der Waals surface area contributed by atoms with Gasteiger partial charge in [-0.3, -0.25) is 9.78 Å². The molecule has 47 heavy (non-hydrogen) atoms. The number of ether oxygens (including phenoxy) is 1. The van der Waals surface area contributed by atoms with Gasteiger partial charge in [0.25, 0.3) is 14.2 Å². The zero-order valence-corrected chi connectivity index (χ0v) is 28.7. The molecule has 1 saturated carbocycles. The second kappa shape index (κ2) is 13.0. The molecule has 1 aliphatic rings. The Balaban J connectivity index is 1.12. The molecule has 9 heteroatoms. The molecule has 1 amide bonds. The normalized spacial score (nSPS) is 17.1. The van der Waals surface area contributed by atoms with Crippen molar-refractivity contribution in [3.63, 3.8) is 0 Å². The Kier molecular flexibility index (Phi) is 8.61. The van der Waals surface area contributed by atoms with Crippen molar-refractivity contribution in [2.24, 2.45) is 0 Å². The number of fused-ring (bicyclic) bond motifs is 2. The summed E-state index contributed by atoms with van der Waals surface area (Å²) in [5, 5.41) is 8.38. The summed E-state index contributed by atoms with van der Waals surface area (Å²) >= 11 is 1.45. The third kappa shape index (κ3) is 6.18. The van der Waals surface area contributed by atoms with Gasteiger partial charge in [0.05, 0.1) is 33.1 Å². The average molecular weight is 659 g/mol. The smallest absolute Gasteiger partial charge is 0.261 e. The molecular weight excluding hydrogens is 621 g/mol. The predicted octanol–water partition coefficient (Wildman–Crippen LogP) is 7.76. The van der Waals surface area contributed by atoms with Crippen LogP contribution in [0.4, 0.5) is 5.69 Å². The highest BCUT2D eigenvalue weighted by atomic mass is 32.1. The number of thiophene rings is 1. The number of rotatable bonds is 8. The van der Waals surface area contributed by atoms with Crippen molar-refractivity contribution in [3.05, 3.63) is 115 Å². The van der Waals surface area contributed by atoms with E-state index in [9.17, 15) is 4.79 Å². The maximum absolute atomic E-state index is 13.5. The molecule has 3 aromatic carbocycles. The highest BCUT2D eigenvalue weighted by molar-refractivity contribution is 7.17. The van der Waals surface area contributed by atoms with Crippen LogP contribution in [0.1, 0.15) is 56.8 Å². The minimum Gasteiger partial charge on any atom is -0.488 e. The van der Waals surface area contributed by atoms with E-state index >= 15 is 0 Å². The van der Waals surface area contributed by atoms with Crippen LogP contribution >= 0.6 is 11.3 Å². The molecule has 1 aliphatic carbocycles. The van der Waals surface area contributed by atoms with Gasteiger partial charge in [0.1, 0.15) is 12.1 Å². The van der Waals surface area contributed by atoms with Crippen LogP contribution in [-0.4, -0.2) is 41.4 Å².